The molecule has 3 heteroatoms. The number of nitrogens with two attached hydrogens (primary N) is 1. The van der Waals surface area contributed by atoms with E-state index in [9.17, 15) is 0 Å². The Labute approximate surface area is 125 Å². The first kappa shape index (κ1) is 13.5. The number of anilines is 2. The van der Waals surface area contributed by atoms with E-state index in [0.717, 1.165) is 36.5 Å². The number of hydrogen-bond acceptors (Lipinski definition) is 2. The quantitative estimate of drug-likeness (QED) is 0.926. The van der Waals surface area contributed by atoms with E-state index in [4.69, 9.17) is 17.3 Å². The van der Waals surface area contributed by atoms with Gasteiger partial charge in [0.1, 0.15) is 0 Å². The van der Waals surface area contributed by atoms with Crippen molar-refractivity contribution in [3.05, 3.63) is 58.6 Å². The molecule has 0 aliphatic carbocycles. The molecule has 2 aromatic carbocycles. The zero-order chi connectivity index (χ0) is 13.9. The predicted octanol–water partition coefficient (Wildman–Crippen LogP) is 3.93. The fraction of sp³-hybridized carbons (Fsp3) is 0.294. The highest BCUT2D eigenvalue weighted by molar-refractivity contribution is 6.33. The molecule has 1 aliphatic heterocycles. The Kier molecular flexibility index (Phi) is 3.95. The van der Waals surface area contributed by atoms with E-state index >= 15 is 0 Å². The second-order valence-electron chi connectivity index (χ2n) is 5.17. The molecular weight excluding hydrogens is 268 g/mol. The van der Waals surface area contributed by atoms with E-state index in [0.29, 0.717) is 6.54 Å². The molecule has 0 amide bonds. The maximum absolute atomic E-state index is 6.48. The van der Waals surface area contributed by atoms with E-state index in [-0.39, 0.29) is 0 Å². The van der Waals surface area contributed by atoms with Gasteiger partial charge in [0, 0.05) is 12.2 Å². The van der Waals surface area contributed by atoms with Gasteiger partial charge in [0.25, 0.3) is 0 Å². The zero-order valence-corrected chi connectivity index (χ0v) is 12.2. The minimum atomic E-state index is 0.642. The molecule has 0 atom stereocenters. The Morgan fingerprint density at radius 2 is 1.95 bits per heavy atom. The summed E-state index contributed by atoms with van der Waals surface area (Å²) in [4.78, 5) is 2.35. The highest BCUT2D eigenvalue weighted by Gasteiger charge is 2.21. The highest BCUT2D eigenvalue weighted by atomic mass is 35.5. The molecule has 0 bridgehead atoms. The van der Waals surface area contributed by atoms with Crippen LogP contribution in [0.1, 0.15) is 17.5 Å². The maximum Gasteiger partial charge on any atom is 0.0645 e. The van der Waals surface area contributed by atoms with Gasteiger partial charge in [0.05, 0.1) is 10.7 Å². The molecule has 2 N–H and O–H groups in total. The molecule has 0 radical (unpaired) electrons. The van der Waals surface area contributed by atoms with Gasteiger partial charge in [0.2, 0.25) is 0 Å². The van der Waals surface area contributed by atoms with Gasteiger partial charge in [-0.15, -0.1) is 0 Å². The van der Waals surface area contributed by atoms with Crippen molar-refractivity contribution in [1.82, 2.24) is 0 Å². The van der Waals surface area contributed by atoms with Gasteiger partial charge in [-0.3, -0.25) is 0 Å². The Hall–Kier alpha value is -1.51. The average molecular weight is 287 g/mol. The van der Waals surface area contributed by atoms with E-state index in [1.807, 2.05) is 12.1 Å². The first-order valence-electron chi connectivity index (χ1n) is 7.14. The van der Waals surface area contributed by atoms with Crippen LogP contribution in [-0.4, -0.2) is 13.1 Å². The molecule has 0 spiro atoms. The fourth-order valence-electron chi connectivity index (χ4n) is 2.99. The van der Waals surface area contributed by atoms with Crippen molar-refractivity contribution in [2.24, 2.45) is 5.73 Å². The summed E-state index contributed by atoms with van der Waals surface area (Å²) in [6, 6.07) is 14.7. The summed E-state index contributed by atoms with van der Waals surface area (Å²) in [6.07, 6.45) is 3.15. The third kappa shape index (κ3) is 2.41. The molecule has 0 saturated heterocycles. The summed E-state index contributed by atoms with van der Waals surface area (Å²) in [5.74, 6) is 0. The van der Waals surface area contributed by atoms with E-state index in [2.05, 4.69) is 35.2 Å². The molecule has 2 nitrogen and oxygen atoms in total. The number of rotatable bonds is 3. The van der Waals surface area contributed by atoms with E-state index < -0.39 is 0 Å². The Morgan fingerprint density at radius 1 is 1.10 bits per heavy atom. The number of nitrogens with zero attached hydrogens (tertiary/aromatic N) is 1. The molecule has 20 heavy (non-hydrogen) atoms. The normalized spacial score (nSPS) is 14.2. The summed E-state index contributed by atoms with van der Waals surface area (Å²) in [6.45, 7) is 1.65. The lowest BCUT2D eigenvalue weighted by atomic mass is 9.99. The molecule has 104 valence electrons. The second-order valence-corrected chi connectivity index (χ2v) is 5.58. The van der Waals surface area contributed by atoms with E-state index in [1.165, 1.54) is 16.8 Å². The van der Waals surface area contributed by atoms with Crippen LogP contribution >= 0.6 is 11.6 Å². The Bertz CT molecular complexity index is 610. The average Bonchev–Trinajstić information content (AvgIpc) is 2.48. The first-order chi connectivity index (χ1) is 9.81. The van der Waals surface area contributed by atoms with Crippen LogP contribution in [0.15, 0.2) is 42.5 Å². The van der Waals surface area contributed by atoms with Crippen LogP contribution < -0.4 is 10.6 Å². The minimum Gasteiger partial charge on any atom is -0.340 e. The van der Waals surface area contributed by atoms with Crippen LogP contribution in [0.2, 0.25) is 5.02 Å². The van der Waals surface area contributed by atoms with Crippen molar-refractivity contribution in [2.45, 2.75) is 19.3 Å². The van der Waals surface area contributed by atoms with Crippen LogP contribution in [0.3, 0.4) is 0 Å². The Balaban J connectivity index is 2.10. The molecule has 0 unspecified atom stereocenters. The molecule has 0 saturated carbocycles. The molecule has 2 aromatic rings. The summed E-state index contributed by atoms with van der Waals surface area (Å²) in [5, 5.41) is 0.813. The zero-order valence-electron chi connectivity index (χ0n) is 11.5. The number of fused-ring (bicyclic) bond motifs is 1. The lowest BCUT2D eigenvalue weighted by Gasteiger charge is -2.33. The molecular formula is C17H19ClN2. The monoisotopic (exact) mass is 286 g/mol. The summed E-state index contributed by atoms with van der Waals surface area (Å²) in [5.41, 5.74) is 10.8. The maximum atomic E-state index is 6.48. The van der Waals surface area contributed by atoms with Gasteiger partial charge >= 0.3 is 0 Å². The number of para-hydroxylation sites is 2. The topological polar surface area (TPSA) is 29.3 Å². The third-order valence-electron chi connectivity index (χ3n) is 3.86. The van der Waals surface area contributed by atoms with Gasteiger partial charge in [-0.25, -0.2) is 0 Å². The number of aryl methyl sites for hydroxylation is 1. The van der Waals surface area contributed by atoms with Crippen molar-refractivity contribution >= 4 is 23.0 Å². The van der Waals surface area contributed by atoms with Gasteiger partial charge in [-0.05, 0) is 49.1 Å². The minimum absolute atomic E-state index is 0.642. The lowest BCUT2D eigenvalue weighted by Crippen LogP contribution is -2.26. The van der Waals surface area contributed by atoms with Gasteiger partial charge in [0.15, 0.2) is 0 Å². The van der Waals surface area contributed by atoms with E-state index in [1.54, 1.807) is 0 Å². The van der Waals surface area contributed by atoms with Crippen LogP contribution in [0.25, 0.3) is 0 Å². The summed E-state index contributed by atoms with van der Waals surface area (Å²) >= 11 is 6.48. The predicted molar refractivity (Wildman–Crippen MR) is 86.0 cm³/mol. The van der Waals surface area contributed by atoms with Crippen molar-refractivity contribution in [1.29, 1.82) is 0 Å². The van der Waals surface area contributed by atoms with Gasteiger partial charge < -0.3 is 10.6 Å². The standard InChI is InChI=1S/C17H19ClN2/c18-15-8-3-6-14(10-11-19)17(15)20-12-4-7-13-5-1-2-9-16(13)20/h1-3,5-6,8-9H,4,7,10-12,19H2. The largest absolute Gasteiger partial charge is 0.340 e. The van der Waals surface area contributed by atoms with Crippen LogP contribution in [-0.2, 0) is 12.8 Å². The van der Waals surface area contributed by atoms with Crippen molar-refractivity contribution < 1.29 is 0 Å². The second kappa shape index (κ2) is 5.86. The Morgan fingerprint density at radius 3 is 2.80 bits per heavy atom. The van der Waals surface area contributed by atoms with Gasteiger partial charge in [-0.1, -0.05) is 41.9 Å². The van der Waals surface area contributed by atoms with Gasteiger partial charge in [-0.2, -0.15) is 0 Å². The number of hydrogen-bond donors (Lipinski definition) is 1. The van der Waals surface area contributed by atoms with Crippen molar-refractivity contribution in [2.75, 3.05) is 18.0 Å². The smallest absolute Gasteiger partial charge is 0.0645 e. The third-order valence-corrected chi connectivity index (χ3v) is 4.17. The van der Waals surface area contributed by atoms with Crippen molar-refractivity contribution in [3.63, 3.8) is 0 Å². The fourth-order valence-corrected chi connectivity index (χ4v) is 3.28. The highest BCUT2D eigenvalue weighted by Crippen LogP contribution is 2.39. The first-order valence-corrected chi connectivity index (χ1v) is 7.52. The van der Waals surface area contributed by atoms with Crippen LogP contribution in [0.5, 0.6) is 0 Å². The molecule has 3 rings (SSSR count). The number of halogens is 1. The summed E-state index contributed by atoms with van der Waals surface area (Å²) in [7, 11) is 0. The molecule has 0 fully saturated rings. The molecule has 1 aliphatic rings. The van der Waals surface area contributed by atoms with Crippen LogP contribution in [0, 0.1) is 0 Å². The lowest BCUT2D eigenvalue weighted by molar-refractivity contribution is 0.763. The van der Waals surface area contributed by atoms with Crippen LogP contribution in [0.4, 0.5) is 11.4 Å². The number of benzene rings is 2. The molecule has 0 aromatic heterocycles. The summed E-state index contributed by atoms with van der Waals surface area (Å²) < 4.78 is 0. The van der Waals surface area contributed by atoms with Crippen molar-refractivity contribution in [3.8, 4) is 0 Å². The molecule has 1 heterocycles. The SMILES string of the molecule is NCCc1cccc(Cl)c1N1CCCc2ccccc21.